The summed E-state index contributed by atoms with van der Waals surface area (Å²) >= 11 is 1.16. The van der Waals surface area contributed by atoms with E-state index in [-0.39, 0.29) is 17.2 Å². The van der Waals surface area contributed by atoms with Gasteiger partial charge in [0.25, 0.3) is 0 Å². The molecule has 6 heteroatoms. The van der Waals surface area contributed by atoms with E-state index in [9.17, 15) is 9.59 Å². The first kappa shape index (κ1) is 13.2. The van der Waals surface area contributed by atoms with Crippen LogP contribution in [0.5, 0.6) is 0 Å². The van der Waals surface area contributed by atoms with Gasteiger partial charge in [-0.2, -0.15) is 5.26 Å². The molecule has 0 N–H and O–H groups in total. The number of rotatable bonds is 2. The lowest BCUT2D eigenvalue weighted by molar-refractivity contribution is -0.135. The van der Waals surface area contributed by atoms with Gasteiger partial charge in [-0.15, -0.1) is 0 Å². The Kier molecular flexibility index (Phi) is 3.88. The Bertz CT molecular complexity index is 590. The van der Waals surface area contributed by atoms with Crippen molar-refractivity contribution in [1.29, 1.82) is 5.26 Å². The van der Waals surface area contributed by atoms with E-state index >= 15 is 0 Å². The monoisotopic (exact) mass is 274 g/mol. The number of carbonyl (C=O) groups is 2. The van der Waals surface area contributed by atoms with Crippen LogP contribution < -0.4 is 4.90 Å². The minimum absolute atomic E-state index is 0.151. The first-order valence-corrected chi connectivity index (χ1v) is 6.41. The molecule has 0 radical (unpaired) electrons. The molecule has 19 heavy (non-hydrogen) atoms. The van der Waals surface area contributed by atoms with Gasteiger partial charge in [0.05, 0.1) is 12.9 Å². The van der Waals surface area contributed by atoms with Crippen molar-refractivity contribution in [3.05, 3.63) is 40.9 Å². The number of nitriles is 1. The number of hydrogen-bond acceptors (Lipinski definition) is 5. The number of amides is 1. The summed E-state index contributed by atoms with van der Waals surface area (Å²) in [6.45, 7) is 0. The number of ether oxygens (including phenoxy) is 1. The zero-order valence-corrected chi connectivity index (χ0v) is 10.9. The summed E-state index contributed by atoms with van der Waals surface area (Å²) in [6.07, 6.45) is 0. The maximum atomic E-state index is 11.9. The molecule has 1 saturated heterocycles. The van der Waals surface area contributed by atoms with Gasteiger partial charge in [0.1, 0.15) is 11.1 Å². The minimum Gasteiger partial charge on any atom is -0.465 e. The average Bonchev–Trinajstić information content (AvgIpc) is 2.82. The summed E-state index contributed by atoms with van der Waals surface area (Å²) in [6, 6.07) is 10.7. The lowest BCUT2D eigenvalue weighted by Gasteiger charge is -2.17. The predicted octanol–water partition coefficient (Wildman–Crippen LogP) is 1.67. The van der Waals surface area contributed by atoms with Crippen molar-refractivity contribution in [2.45, 2.75) is 0 Å². The Labute approximate surface area is 114 Å². The number of esters is 1. The first-order valence-electron chi connectivity index (χ1n) is 5.42. The third-order valence-corrected chi connectivity index (χ3v) is 3.57. The number of methoxy groups -OCH3 is 1. The van der Waals surface area contributed by atoms with Gasteiger partial charge in [0, 0.05) is 5.69 Å². The highest BCUT2D eigenvalue weighted by atomic mass is 32.2. The number of thioether (sulfide) groups is 1. The van der Waals surface area contributed by atoms with Crippen LogP contribution in [0.3, 0.4) is 0 Å². The van der Waals surface area contributed by atoms with Gasteiger partial charge in [-0.05, 0) is 12.1 Å². The van der Waals surface area contributed by atoms with E-state index in [1.165, 1.54) is 12.0 Å². The van der Waals surface area contributed by atoms with Crippen LogP contribution in [0, 0.1) is 11.3 Å². The van der Waals surface area contributed by atoms with Gasteiger partial charge < -0.3 is 4.74 Å². The molecule has 0 aromatic heterocycles. The number of nitrogens with zero attached hydrogens (tertiary/aromatic N) is 2. The molecule has 0 aliphatic carbocycles. The van der Waals surface area contributed by atoms with Crippen LogP contribution in [0.25, 0.3) is 0 Å². The summed E-state index contributed by atoms with van der Waals surface area (Å²) in [4.78, 5) is 24.9. The van der Waals surface area contributed by atoms with Crippen molar-refractivity contribution in [2.24, 2.45) is 0 Å². The zero-order chi connectivity index (χ0) is 13.8. The fourth-order valence-corrected chi connectivity index (χ4v) is 2.68. The van der Waals surface area contributed by atoms with Gasteiger partial charge in [-0.3, -0.25) is 9.69 Å². The van der Waals surface area contributed by atoms with Crippen molar-refractivity contribution in [3.8, 4) is 6.07 Å². The van der Waals surface area contributed by atoms with Crippen molar-refractivity contribution in [3.63, 3.8) is 0 Å². The van der Waals surface area contributed by atoms with E-state index in [2.05, 4.69) is 4.74 Å². The third kappa shape index (κ3) is 2.46. The Morgan fingerprint density at radius 1 is 1.42 bits per heavy atom. The Morgan fingerprint density at radius 2 is 2.11 bits per heavy atom. The van der Waals surface area contributed by atoms with Gasteiger partial charge in [-0.25, -0.2) is 4.79 Å². The standard InChI is InChI=1S/C13H10N2O3S/c1-18-13(17)10(7-14)12-15(11(16)8-19-12)9-5-3-2-4-6-9/h2-6H,8H2,1H3/b12-10-. The lowest BCUT2D eigenvalue weighted by Crippen LogP contribution is -2.25. The second-order valence-corrected chi connectivity index (χ2v) is 4.60. The van der Waals surface area contributed by atoms with Crippen LogP contribution in [0.2, 0.25) is 0 Å². The lowest BCUT2D eigenvalue weighted by atomic mass is 10.2. The van der Waals surface area contributed by atoms with Crippen molar-refractivity contribution >= 4 is 29.3 Å². The normalized spacial score (nSPS) is 17.1. The highest BCUT2D eigenvalue weighted by molar-refractivity contribution is 8.04. The molecule has 2 rings (SSSR count). The molecule has 1 fully saturated rings. The maximum absolute atomic E-state index is 11.9. The number of benzene rings is 1. The summed E-state index contributed by atoms with van der Waals surface area (Å²) < 4.78 is 4.56. The maximum Gasteiger partial charge on any atom is 0.351 e. The summed E-state index contributed by atoms with van der Waals surface area (Å²) in [7, 11) is 1.20. The second-order valence-electron chi connectivity index (χ2n) is 3.64. The van der Waals surface area contributed by atoms with Crippen LogP contribution in [0.1, 0.15) is 0 Å². The molecule has 96 valence electrons. The number of para-hydroxylation sites is 1. The number of carbonyl (C=O) groups excluding carboxylic acids is 2. The number of hydrogen-bond donors (Lipinski definition) is 0. The Balaban J connectivity index is 2.52. The highest BCUT2D eigenvalue weighted by Crippen LogP contribution is 2.35. The molecule has 1 amide bonds. The summed E-state index contributed by atoms with van der Waals surface area (Å²) in [5.41, 5.74) is 0.478. The smallest absolute Gasteiger partial charge is 0.351 e. The zero-order valence-electron chi connectivity index (χ0n) is 10.1. The topological polar surface area (TPSA) is 70.4 Å². The van der Waals surface area contributed by atoms with E-state index in [4.69, 9.17) is 5.26 Å². The van der Waals surface area contributed by atoms with Gasteiger partial charge in [0.15, 0.2) is 5.57 Å². The minimum atomic E-state index is -0.736. The molecule has 0 unspecified atom stereocenters. The molecular weight excluding hydrogens is 264 g/mol. The molecule has 1 aromatic carbocycles. The van der Waals surface area contributed by atoms with Crippen LogP contribution in [0.4, 0.5) is 5.69 Å². The van der Waals surface area contributed by atoms with E-state index in [1.54, 1.807) is 30.3 Å². The molecule has 0 spiro atoms. The molecule has 0 saturated carbocycles. The fraction of sp³-hybridized carbons (Fsp3) is 0.154. The van der Waals surface area contributed by atoms with Gasteiger partial charge in [0.2, 0.25) is 5.91 Å². The fourth-order valence-electron chi connectivity index (χ4n) is 1.68. The van der Waals surface area contributed by atoms with Crippen molar-refractivity contribution < 1.29 is 14.3 Å². The van der Waals surface area contributed by atoms with Crippen LogP contribution >= 0.6 is 11.8 Å². The summed E-state index contributed by atoms with van der Waals surface area (Å²) in [5.74, 6) is -0.699. The highest BCUT2D eigenvalue weighted by Gasteiger charge is 2.33. The molecule has 0 bridgehead atoms. The van der Waals surface area contributed by atoms with E-state index in [0.717, 1.165) is 11.8 Å². The molecule has 0 atom stereocenters. The molecule has 1 aromatic rings. The van der Waals surface area contributed by atoms with Crippen molar-refractivity contribution in [2.75, 3.05) is 17.8 Å². The number of anilines is 1. The average molecular weight is 274 g/mol. The van der Waals surface area contributed by atoms with Gasteiger partial charge >= 0.3 is 5.97 Å². The molecule has 5 nitrogen and oxygen atoms in total. The van der Waals surface area contributed by atoms with E-state index < -0.39 is 5.97 Å². The predicted molar refractivity (Wildman–Crippen MR) is 71.0 cm³/mol. The molecule has 1 aliphatic heterocycles. The van der Waals surface area contributed by atoms with Crippen LogP contribution in [-0.2, 0) is 14.3 Å². The summed E-state index contributed by atoms with van der Waals surface area (Å²) in [5, 5.41) is 9.40. The quantitative estimate of drug-likeness (QED) is 0.466. The largest absolute Gasteiger partial charge is 0.465 e. The van der Waals surface area contributed by atoms with Crippen LogP contribution in [0.15, 0.2) is 40.9 Å². The Hall–Kier alpha value is -2.26. The van der Waals surface area contributed by atoms with Crippen LogP contribution in [-0.4, -0.2) is 24.7 Å². The van der Waals surface area contributed by atoms with E-state index in [0.29, 0.717) is 10.7 Å². The Morgan fingerprint density at radius 3 is 2.68 bits per heavy atom. The molecule has 1 heterocycles. The molecular formula is C13H10N2O3S. The van der Waals surface area contributed by atoms with Gasteiger partial charge in [-0.1, -0.05) is 30.0 Å². The molecule has 1 aliphatic rings. The van der Waals surface area contributed by atoms with E-state index in [1.807, 2.05) is 6.07 Å². The first-order chi connectivity index (χ1) is 9.19. The second kappa shape index (κ2) is 5.59. The van der Waals surface area contributed by atoms with Crippen molar-refractivity contribution in [1.82, 2.24) is 0 Å². The SMILES string of the molecule is COC(=O)/C(C#N)=C1\SCC(=O)N1c1ccccc1. The third-order valence-electron chi connectivity index (χ3n) is 2.51.